The summed E-state index contributed by atoms with van der Waals surface area (Å²) in [5.74, 6) is -0.121. The molecule has 1 fully saturated rings. The number of nitrogens with one attached hydrogen (secondary N) is 1. The Bertz CT molecular complexity index is 686. The molecule has 6 nitrogen and oxygen atoms in total. The number of tetrazole rings is 1. The van der Waals surface area contributed by atoms with Crippen molar-refractivity contribution in [3.63, 3.8) is 0 Å². The molecule has 1 aliphatic rings. The molecule has 122 valence electrons. The molecular formula is C15H18ClN5OS. The number of rotatable bonds is 5. The highest BCUT2D eigenvalue weighted by atomic mass is 35.5. The van der Waals surface area contributed by atoms with E-state index >= 15 is 0 Å². The summed E-state index contributed by atoms with van der Waals surface area (Å²) in [6, 6.07) is 7.54. The lowest BCUT2D eigenvalue weighted by atomic mass is 10.3. The first kappa shape index (κ1) is 16.3. The molecular weight excluding hydrogens is 334 g/mol. The van der Waals surface area contributed by atoms with Gasteiger partial charge in [0.25, 0.3) is 0 Å². The average Bonchev–Trinajstić information content (AvgIpc) is 3.20. The number of anilines is 1. The van der Waals surface area contributed by atoms with Crippen LogP contribution >= 0.6 is 23.4 Å². The predicted molar refractivity (Wildman–Crippen MR) is 90.7 cm³/mol. The molecule has 1 saturated carbocycles. The minimum Gasteiger partial charge on any atom is -0.324 e. The lowest BCUT2D eigenvalue weighted by Crippen LogP contribution is -2.23. The van der Waals surface area contributed by atoms with Gasteiger partial charge in [-0.1, -0.05) is 48.3 Å². The molecule has 0 spiro atoms. The van der Waals surface area contributed by atoms with Crippen LogP contribution in [0.15, 0.2) is 29.4 Å². The van der Waals surface area contributed by atoms with Crippen molar-refractivity contribution in [2.75, 3.05) is 5.32 Å². The van der Waals surface area contributed by atoms with Crippen molar-refractivity contribution in [3.05, 3.63) is 29.3 Å². The topological polar surface area (TPSA) is 72.7 Å². The number of carbonyl (C=O) groups excluding carboxylic acids is 1. The minimum atomic E-state index is -0.322. The predicted octanol–water partition coefficient (Wildman–Crippen LogP) is 3.56. The molecule has 23 heavy (non-hydrogen) atoms. The van der Waals surface area contributed by atoms with Crippen molar-refractivity contribution >= 4 is 35.0 Å². The molecule has 0 radical (unpaired) electrons. The van der Waals surface area contributed by atoms with E-state index in [4.69, 9.17) is 11.6 Å². The molecule has 2 aromatic rings. The molecule has 3 rings (SSSR count). The van der Waals surface area contributed by atoms with Crippen LogP contribution in [0.3, 0.4) is 0 Å². The van der Waals surface area contributed by atoms with Crippen molar-refractivity contribution in [3.8, 4) is 0 Å². The monoisotopic (exact) mass is 351 g/mol. The smallest absolute Gasteiger partial charge is 0.237 e. The first-order valence-electron chi connectivity index (χ1n) is 7.65. The zero-order valence-corrected chi connectivity index (χ0v) is 14.3. The number of benzene rings is 1. The number of para-hydroxylation sites is 1. The van der Waals surface area contributed by atoms with E-state index < -0.39 is 0 Å². The Morgan fingerprint density at radius 2 is 2.13 bits per heavy atom. The number of nitrogens with zero attached hydrogens (tertiary/aromatic N) is 4. The van der Waals surface area contributed by atoms with Gasteiger partial charge in [-0.15, -0.1) is 5.10 Å². The lowest BCUT2D eigenvalue weighted by Gasteiger charge is -2.14. The van der Waals surface area contributed by atoms with Crippen LogP contribution in [0.25, 0.3) is 0 Å². The SMILES string of the molecule is CC(Sc1nnnn1C1CCCC1)C(=O)Nc1ccccc1Cl. The Hall–Kier alpha value is -1.60. The van der Waals surface area contributed by atoms with Crippen LogP contribution in [0.2, 0.25) is 5.02 Å². The number of halogens is 1. The van der Waals surface area contributed by atoms with Crippen LogP contribution in [0.5, 0.6) is 0 Å². The van der Waals surface area contributed by atoms with E-state index in [2.05, 4.69) is 20.8 Å². The summed E-state index contributed by atoms with van der Waals surface area (Å²) in [5.41, 5.74) is 0.613. The van der Waals surface area contributed by atoms with Crippen LogP contribution in [-0.4, -0.2) is 31.4 Å². The number of amides is 1. The second-order valence-electron chi connectivity index (χ2n) is 5.57. The van der Waals surface area contributed by atoms with Crippen LogP contribution in [0.4, 0.5) is 5.69 Å². The van der Waals surface area contributed by atoms with Crippen LogP contribution in [0.1, 0.15) is 38.6 Å². The molecule has 1 heterocycles. The van der Waals surface area contributed by atoms with Gasteiger partial charge in [0, 0.05) is 0 Å². The average molecular weight is 352 g/mol. The summed E-state index contributed by atoms with van der Waals surface area (Å²) < 4.78 is 1.86. The third kappa shape index (κ3) is 3.84. The van der Waals surface area contributed by atoms with E-state index in [0.29, 0.717) is 21.9 Å². The molecule has 8 heteroatoms. The summed E-state index contributed by atoms with van der Waals surface area (Å²) in [4.78, 5) is 12.4. The molecule has 1 atom stereocenters. The summed E-state index contributed by atoms with van der Waals surface area (Å²) in [5, 5.41) is 15.7. The summed E-state index contributed by atoms with van der Waals surface area (Å²) >= 11 is 7.44. The molecule has 1 amide bonds. The van der Waals surface area contributed by atoms with Gasteiger partial charge in [0.2, 0.25) is 11.1 Å². The Balaban J connectivity index is 1.65. The Morgan fingerprint density at radius 3 is 2.87 bits per heavy atom. The van der Waals surface area contributed by atoms with E-state index in [1.54, 1.807) is 12.1 Å². The fourth-order valence-corrected chi connectivity index (χ4v) is 3.69. The van der Waals surface area contributed by atoms with E-state index in [1.807, 2.05) is 23.7 Å². The van der Waals surface area contributed by atoms with Crippen LogP contribution in [-0.2, 0) is 4.79 Å². The van der Waals surface area contributed by atoms with E-state index in [1.165, 1.54) is 24.6 Å². The molecule has 1 aromatic heterocycles. The van der Waals surface area contributed by atoms with Gasteiger partial charge in [0.15, 0.2) is 0 Å². The zero-order chi connectivity index (χ0) is 16.2. The first-order valence-corrected chi connectivity index (χ1v) is 8.91. The largest absolute Gasteiger partial charge is 0.324 e. The zero-order valence-electron chi connectivity index (χ0n) is 12.8. The van der Waals surface area contributed by atoms with Crippen molar-refractivity contribution in [2.24, 2.45) is 0 Å². The molecule has 0 bridgehead atoms. The van der Waals surface area contributed by atoms with Crippen LogP contribution in [0, 0.1) is 0 Å². The number of hydrogen-bond acceptors (Lipinski definition) is 5. The van der Waals surface area contributed by atoms with Crippen molar-refractivity contribution in [1.82, 2.24) is 20.2 Å². The molecule has 1 aliphatic carbocycles. The van der Waals surface area contributed by atoms with Gasteiger partial charge in [0.05, 0.1) is 22.0 Å². The fraction of sp³-hybridized carbons (Fsp3) is 0.467. The van der Waals surface area contributed by atoms with Gasteiger partial charge in [-0.25, -0.2) is 4.68 Å². The van der Waals surface area contributed by atoms with Gasteiger partial charge in [-0.3, -0.25) is 4.79 Å². The number of hydrogen-bond donors (Lipinski definition) is 1. The fourth-order valence-electron chi connectivity index (χ4n) is 2.65. The standard InChI is InChI=1S/C15H18ClN5OS/c1-10(14(22)17-13-9-5-4-8-12(13)16)23-15-18-19-20-21(15)11-6-2-3-7-11/h4-5,8-11H,2-3,6-7H2,1H3,(H,17,22). The first-order chi connectivity index (χ1) is 11.1. The second kappa shape index (κ2) is 7.31. The van der Waals surface area contributed by atoms with Gasteiger partial charge in [0.1, 0.15) is 0 Å². The Kier molecular flexibility index (Phi) is 5.17. The molecule has 0 saturated heterocycles. The van der Waals surface area contributed by atoms with Crippen LogP contribution < -0.4 is 5.32 Å². The van der Waals surface area contributed by atoms with Crippen molar-refractivity contribution in [1.29, 1.82) is 0 Å². The Labute approximate surface area is 144 Å². The summed E-state index contributed by atoms with van der Waals surface area (Å²) in [6.07, 6.45) is 4.60. The number of thioether (sulfide) groups is 1. The molecule has 0 aliphatic heterocycles. The highest BCUT2D eigenvalue weighted by molar-refractivity contribution is 8.00. The Morgan fingerprint density at radius 1 is 1.39 bits per heavy atom. The maximum absolute atomic E-state index is 12.4. The maximum atomic E-state index is 12.4. The third-order valence-electron chi connectivity index (χ3n) is 3.92. The third-order valence-corrected chi connectivity index (χ3v) is 5.29. The van der Waals surface area contributed by atoms with Gasteiger partial charge < -0.3 is 5.32 Å². The van der Waals surface area contributed by atoms with E-state index in [9.17, 15) is 4.79 Å². The lowest BCUT2D eigenvalue weighted by molar-refractivity contribution is -0.115. The number of carbonyl (C=O) groups is 1. The second-order valence-corrected chi connectivity index (χ2v) is 7.29. The quantitative estimate of drug-likeness (QED) is 0.834. The maximum Gasteiger partial charge on any atom is 0.237 e. The summed E-state index contributed by atoms with van der Waals surface area (Å²) in [7, 11) is 0. The molecule has 1 aromatic carbocycles. The highest BCUT2D eigenvalue weighted by Crippen LogP contribution is 2.32. The number of aromatic nitrogens is 4. The van der Waals surface area contributed by atoms with Gasteiger partial charge >= 0.3 is 0 Å². The molecule has 1 N–H and O–H groups in total. The molecule has 1 unspecified atom stereocenters. The normalized spacial score (nSPS) is 16.4. The van der Waals surface area contributed by atoms with Gasteiger partial charge in [-0.2, -0.15) is 0 Å². The minimum absolute atomic E-state index is 0.121. The summed E-state index contributed by atoms with van der Waals surface area (Å²) in [6.45, 7) is 1.84. The highest BCUT2D eigenvalue weighted by Gasteiger charge is 2.24. The van der Waals surface area contributed by atoms with Crippen molar-refractivity contribution in [2.45, 2.75) is 49.1 Å². The van der Waals surface area contributed by atoms with E-state index in [-0.39, 0.29) is 11.2 Å². The van der Waals surface area contributed by atoms with Crippen molar-refractivity contribution < 1.29 is 4.79 Å². The van der Waals surface area contributed by atoms with E-state index in [0.717, 1.165) is 12.8 Å². The van der Waals surface area contributed by atoms with Gasteiger partial charge in [-0.05, 0) is 42.3 Å².